The first-order valence-electron chi connectivity index (χ1n) is 9.57. The fourth-order valence-electron chi connectivity index (χ4n) is 3.16. The topological polar surface area (TPSA) is 144 Å². The Morgan fingerprint density at radius 1 is 1.18 bits per heavy atom. The van der Waals surface area contributed by atoms with Gasteiger partial charge < -0.3 is 30.8 Å². The number of halogens is 2. The Balaban J connectivity index is 0.00000187. The van der Waals surface area contributed by atoms with Gasteiger partial charge in [0.2, 0.25) is 0 Å². The summed E-state index contributed by atoms with van der Waals surface area (Å²) in [5, 5.41) is 0. The third-order valence-corrected chi connectivity index (χ3v) is 5.61. The van der Waals surface area contributed by atoms with Gasteiger partial charge in [-0.1, -0.05) is 0 Å². The lowest BCUT2D eigenvalue weighted by Gasteiger charge is -2.37. The van der Waals surface area contributed by atoms with Crippen molar-refractivity contribution in [2.24, 2.45) is 16.5 Å². The van der Waals surface area contributed by atoms with E-state index < -0.39 is 34.5 Å². The molecule has 0 bridgehead atoms. The van der Waals surface area contributed by atoms with E-state index in [2.05, 4.69) is 9.98 Å². The van der Waals surface area contributed by atoms with Crippen molar-refractivity contribution >= 4 is 41.1 Å². The van der Waals surface area contributed by atoms with Gasteiger partial charge in [-0.05, 0) is 24.3 Å². The van der Waals surface area contributed by atoms with Gasteiger partial charge in [0.25, 0.3) is 0 Å². The molecule has 1 saturated heterocycles. The summed E-state index contributed by atoms with van der Waals surface area (Å²) in [5.74, 6) is -1.40. The van der Waals surface area contributed by atoms with E-state index in [1.165, 1.54) is 24.6 Å². The van der Waals surface area contributed by atoms with Crippen molar-refractivity contribution in [2.45, 2.75) is 11.5 Å². The van der Waals surface area contributed by atoms with Gasteiger partial charge in [-0.25, -0.2) is 18.6 Å². The summed E-state index contributed by atoms with van der Waals surface area (Å²) < 4.78 is 45.7. The zero-order valence-corrected chi connectivity index (χ0v) is 18.7. The summed E-state index contributed by atoms with van der Waals surface area (Å²) in [7, 11) is -1.26. The number of pyridine rings is 1. The molecule has 13 heteroatoms. The van der Waals surface area contributed by atoms with Crippen LogP contribution in [0.3, 0.4) is 0 Å². The molecule has 2 aromatic rings. The standard InChI is InChI=1S/C19H22F2N6O3S.CH2O/c1-31(29)13-2-3-15(14(20)10-13)26-6-8-27(9-7-26)17-16(21)12(4-5-24-17)11-30-19(28)25-18(22)23;1-2/h2-5,10H,6-9,11H2,1H3,(H4,22,23,25,28);1H2. The van der Waals surface area contributed by atoms with Crippen molar-refractivity contribution in [3.8, 4) is 0 Å². The van der Waals surface area contributed by atoms with Gasteiger partial charge in [0.05, 0.1) is 5.69 Å². The maximum absolute atomic E-state index is 14.9. The number of carbonyl (C=O) groups excluding carboxylic acids is 2. The Labute approximate surface area is 191 Å². The molecular weight excluding hydrogens is 458 g/mol. The van der Waals surface area contributed by atoms with Crippen LogP contribution in [-0.2, 0) is 26.9 Å². The first-order valence-corrected chi connectivity index (χ1v) is 11.1. The largest absolute Gasteiger partial charge is 0.443 e. The molecule has 1 aliphatic heterocycles. The van der Waals surface area contributed by atoms with Gasteiger partial charge in [0.15, 0.2) is 17.6 Å². The molecule has 1 aliphatic rings. The number of nitrogens with two attached hydrogens (primary N) is 2. The Bertz CT molecular complexity index is 1040. The molecule has 0 aliphatic carbocycles. The van der Waals surface area contributed by atoms with Gasteiger partial charge in [0.1, 0.15) is 19.2 Å². The van der Waals surface area contributed by atoms with Crippen LogP contribution >= 0.6 is 0 Å². The third kappa shape index (κ3) is 6.68. The van der Waals surface area contributed by atoms with Crippen LogP contribution in [0.5, 0.6) is 0 Å². The zero-order chi connectivity index (χ0) is 24.5. The average Bonchev–Trinajstić information content (AvgIpc) is 2.79. The zero-order valence-electron chi connectivity index (χ0n) is 17.9. The maximum Gasteiger partial charge on any atom is 0.437 e. The quantitative estimate of drug-likeness (QED) is 0.473. The second kappa shape index (κ2) is 11.9. The van der Waals surface area contributed by atoms with E-state index in [1.807, 2.05) is 11.7 Å². The molecule has 1 atom stereocenters. The summed E-state index contributed by atoms with van der Waals surface area (Å²) in [6.45, 7) is 3.34. The van der Waals surface area contributed by atoms with Crippen LogP contribution in [0, 0.1) is 11.6 Å². The highest BCUT2D eigenvalue weighted by Crippen LogP contribution is 2.26. The molecule has 33 heavy (non-hydrogen) atoms. The van der Waals surface area contributed by atoms with Gasteiger partial charge in [-0.15, -0.1) is 4.99 Å². The highest BCUT2D eigenvalue weighted by atomic mass is 32.2. The lowest BCUT2D eigenvalue weighted by atomic mass is 10.2. The number of hydrogen-bond donors (Lipinski definition) is 2. The number of carbonyl (C=O) groups is 2. The lowest BCUT2D eigenvalue weighted by Crippen LogP contribution is -2.47. The first kappa shape index (κ1) is 25.6. The van der Waals surface area contributed by atoms with Gasteiger partial charge in [-0.3, -0.25) is 4.21 Å². The van der Waals surface area contributed by atoms with Crippen molar-refractivity contribution in [1.82, 2.24) is 4.98 Å². The van der Waals surface area contributed by atoms with Crippen molar-refractivity contribution in [1.29, 1.82) is 0 Å². The highest BCUT2D eigenvalue weighted by Gasteiger charge is 2.24. The second-order valence-electron chi connectivity index (χ2n) is 6.74. The van der Waals surface area contributed by atoms with Crippen LogP contribution in [0.15, 0.2) is 40.4 Å². The number of rotatable bonds is 5. The fourth-order valence-corrected chi connectivity index (χ4v) is 3.69. The number of aliphatic imine (C=N–C) groups is 1. The fraction of sp³-hybridized carbons (Fsp3) is 0.300. The molecule has 0 spiro atoms. The number of hydrogen-bond acceptors (Lipinski definition) is 7. The molecule has 1 unspecified atom stereocenters. The summed E-state index contributed by atoms with van der Waals surface area (Å²) in [4.78, 5) is 30.7. The molecule has 1 aromatic heterocycles. The molecule has 4 N–H and O–H groups in total. The van der Waals surface area contributed by atoms with Crippen molar-refractivity contribution < 1.29 is 27.3 Å². The van der Waals surface area contributed by atoms with E-state index in [4.69, 9.17) is 21.0 Å². The minimum absolute atomic E-state index is 0.118. The molecule has 1 amide bonds. The van der Waals surface area contributed by atoms with E-state index in [-0.39, 0.29) is 18.0 Å². The summed E-state index contributed by atoms with van der Waals surface area (Å²) in [6, 6.07) is 5.90. The van der Waals surface area contributed by atoms with E-state index in [9.17, 15) is 17.8 Å². The number of amides is 1. The number of guanidine groups is 1. The summed E-state index contributed by atoms with van der Waals surface area (Å²) in [5.41, 5.74) is 10.7. The minimum Gasteiger partial charge on any atom is -0.443 e. The first-order chi connectivity index (χ1) is 15.8. The van der Waals surface area contributed by atoms with Gasteiger partial charge >= 0.3 is 6.09 Å². The number of benzene rings is 1. The Morgan fingerprint density at radius 3 is 2.39 bits per heavy atom. The predicted molar refractivity (Wildman–Crippen MR) is 120 cm³/mol. The van der Waals surface area contributed by atoms with Crippen molar-refractivity contribution in [3.05, 3.63) is 47.7 Å². The molecule has 178 valence electrons. The monoisotopic (exact) mass is 482 g/mol. The number of ether oxygens (including phenoxy) is 1. The molecule has 0 radical (unpaired) electrons. The lowest BCUT2D eigenvalue weighted by molar-refractivity contribution is -0.0980. The molecular formula is C20H24F2N6O4S. The third-order valence-electron chi connectivity index (χ3n) is 4.69. The van der Waals surface area contributed by atoms with Gasteiger partial charge in [-0.2, -0.15) is 0 Å². The molecule has 3 rings (SSSR count). The predicted octanol–water partition coefficient (Wildman–Crippen LogP) is 1.15. The second-order valence-corrected chi connectivity index (χ2v) is 8.12. The number of nitrogens with zero attached hydrogens (tertiary/aromatic N) is 4. The number of anilines is 2. The summed E-state index contributed by atoms with van der Waals surface area (Å²) in [6.07, 6.45) is 1.88. The molecule has 2 heterocycles. The molecule has 1 aromatic carbocycles. The average molecular weight is 483 g/mol. The van der Waals surface area contributed by atoms with E-state index in [0.717, 1.165) is 0 Å². The van der Waals surface area contributed by atoms with Crippen LogP contribution in [0.2, 0.25) is 0 Å². The van der Waals surface area contributed by atoms with Crippen molar-refractivity contribution in [3.63, 3.8) is 0 Å². The number of piperazine rings is 1. The molecule has 0 saturated carbocycles. The minimum atomic E-state index is -1.26. The van der Waals surface area contributed by atoms with E-state index in [1.54, 1.807) is 17.0 Å². The van der Waals surface area contributed by atoms with Crippen LogP contribution in [0.1, 0.15) is 5.56 Å². The Morgan fingerprint density at radius 2 is 1.82 bits per heavy atom. The Hall–Kier alpha value is -3.61. The normalized spacial score (nSPS) is 14.0. The van der Waals surface area contributed by atoms with Crippen LogP contribution in [0.4, 0.5) is 25.1 Å². The van der Waals surface area contributed by atoms with Crippen LogP contribution < -0.4 is 21.3 Å². The molecule has 10 nitrogen and oxygen atoms in total. The molecule has 1 fully saturated rings. The smallest absolute Gasteiger partial charge is 0.437 e. The highest BCUT2D eigenvalue weighted by molar-refractivity contribution is 7.84. The maximum atomic E-state index is 14.9. The van der Waals surface area contributed by atoms with E-state index >= 15 is 0 Å². The summed E-state index contributed by atoms with van der Waals surface area (Å²) >= 11 is 0. The van der Waals surface area contributed by atoms with Crippen molar-refractivity contribution in [2.75, 3.05) is 42.2 Å². The number of aromatic nitrogens is 1. The van der Waals surface area contributed by atoms with E-state index in [0.29, 0.717) is 36.8 Å². The van der Waals surface area contributed by atoms with Crippen LogP contribution in [-0.4, -0.2) is 60.5 Å². The van der Waals surface area contributed by atoms with Gasteiger partial charge in [0, 0.05) is 59.9 Å². The Kier molecular flexibility index (Phi) is 9.21. The van der Waals surface area contributed by atoms with Crippen LogP contribution in [0.25, 0.3) is 0 Å². The SMILES string of the molecule is C=O.CS(=O)c1ccc(N2CCN(c3nccc(COC(=O)N=C(N)N)c3F)CC2)c(F)c1.